The molecule has 0 atom stereocenters. The van der Waals surface area contributed by atoms with Crippen LogP contribution in [0.5, 0.6) is 5.75 Å². The Hall–Kier alpha value is -1.85. The first-order valence-electron chi connectivity index (χ1n) is 7.74. The van der Waals surface area contributed by atoms with Crippen LogP contribution in [0.1, 0.15) is 29.7 Å². The number of aromatic nitrogens is 2. The molecule has 0 saturated carbocycles. The molecule has 6 heteroatoms. The van der Waals surface area contributed by atoms with Crippen molar-refractivity contribution in [2.24, 2.45) is 0 Å². The molecule has 1 aliphatic carbocycles. The van der Waals surface area contributed by atoms with Crippen LogP contribution in [0.4, 0.5) is 11.5 Å². The third kappa shape index (κ3) is 2.86. The lowest BCUT2D eigenvalue weighted by Gasteiger charge is -2.09. The minimum Gasteiger partial charge on any atom is -0.508 e. The number of fused-ring (bicyclic) bond motifs is 3. The Morgan fingerprint density at radius 1 is 1.04 bits per heavy atom. The molecule has 1 aromatic carbocycles. The molecule has 4 rings (SSSR count). The summed E-state index contributed by atoms with van der Waals surface area (Å²) in [5.41, 5.74) is 2.24. The van der Waals surface area contributed by atoms with Gasteiger partial charge in [-0.1, -0.05) is 6.42 Å². The lowest BCUT2D eigenvalue weighted by atomic mass is 10.1. The fraction of sp³-hybridized carbons (Fsp3) is 0.294. The number of thiophene rings is 1. The summed E-state index contributed by atoms with van der Waals surface area (Å²) in [5.74, 6) is 0.996. The van der Waals surface area contributed by atoms with Gasteiger partial charge in [0.05, 0.1) is 5.39 Å². The molecule has 0 bridgehead atoms. The molecule has 0 unspecified atom stereocenters. The van der Waals surface area contributed by atoms with Crippen molar-refractivity contribution < 1.29 is 5.11 Å². The van der Waals surface area contributed by atoms with Gasteiger partial charge in [-0.25, -0.2) is 4.98 Å². The molecule has 2 N–H and O–H groups in total. The maximum atomic E-state index is 9.42. The predicted octanol–water partition coefficient (Wildman–Crippen LogP) is 5.06. The number of hydrogen-bond acceptors (Lipinski definition) is 5. The highest BCUT2D eigenvalue weighted by atomic mass is 35.5. The van der Waals surface area contributed by atoms with E-state index in [0.717, 1.165) is 34.6 Å². The van der Waals surface area contributed by atoms with Crippen molar-refractivity contribution in [1.82, 2.24) is 9.97 Å². The first-order chi connectivity index (χ1) is 11.2. The number of anilines is 2. The minimum absolute atomic E-state index is 0.241. The number of halogens is 1. The van der Waals surface area contributed by atoms with Gasteiger partial charge in [-0.15, -0.1) is 11.3 Å². The van der Waals surface area contributed by atoms with Crippen LogP contribution in [0.25, 0.3) is 10.2 Å². The number of aromatic hydroxyl groups is 1. The molecule has 0 saturated heterocycles. The van der Waals surface area contributed by atoms with Crippen molar-refractivity contribution in [3.05, 3.63) is 40.0 Å². The molecular weight excluding hydrogens is 330 g/mol. The summed E-state index contributed by atoms with van der Waals surface area (Å²) < 4.78 is 0. The van der Waals surface area contributed by atoms with Gasteiger partial charge >= 0.3 is 0 Å². The highest BCUT2D eigenvalue weighted by Gasteiger charge is 2.20. The number of benzene rings is 1. The maximum absolute atomic E-state index is 9.42. The number of phenols is 1. The van der Waals surface area contributed by atoms with Crippen molar-refractivity contribution in [2.45, 2.75) is 32.1 Å². The third-order valence-electron chi connectivity index (χ3n) is 4.17. The van der Waals surface area contributed by atoms with E-state index in [1.807, 2.05) is 12.1 Å². The average Bonchev–Trinajstić information content (AvgIpc) is 2.71. The van der Waals surface area contributed by atoms with Crippen molar-refractivity contribution in [3.63, 3.8) is 0 Å². The monoisotopic (exact) mass is 345 g/mol. The standard InChI is InChI=1S/C17H16ClN3OS/c18-17-20-15(19-10-6-8-11(22)9-7-10)14-12-4-2-1-3-5-13(12)23-16(14)21-17/h6-9,22H,1-5H2,(H,19,20,21). The highest BCUT2D eigenvalue weighted by molar-refractivity contribution is 7.19. The molecule has 2 aromatic heterocycles. The molecule has 0 amide bonds. The number of nitrogens with one attached hydrogen (secondary N) is 1. The van der Waals surface area contributed by atoms with Crippen molar-refractivity contribution in [3.8, 4) is 5.75 Å². The van der Waals surface area contributed by atoms with Crippen LogP contribution in [0.15, 0.2) is 24.3 Å². The molecule has 23 heavy (non-hydrogen) atoms. The van der Waals surface area contributed by atoms with E-state index < -0.39 is 0 Å². The number of aryl methyl sites for hydroxylation is 2. The summed E-state index contributed by atoms with van der Waals surface area (Å²) in [7, 11) is 0. The first-order valence-corrected chi connectivity index (χ1v) is 8.94. The van der Waals surface area contributed by atoms with Crippen molar-refractivity contribution >= 4 is 44.7 Å². The SMILES string of the molecule is Oc1ccc(Nc2nc(Cl)nc3sc4c(c23)CCCCC4)cc1. The van der Waals surface area contributed by atoms with Gasteiger partial charge in [-0.2, -0.15) is 4.98 Å². The molecule has 0 fully saturated rings. The number of rotatable bonds is 2. The summed E-state index contributed by atoms with van der Waals surface area (Å²) in [5, 5.41) is 14.1. The van der Waals surface area contributed by atoms with E-state index in [2.05, 4.69) is 15.3 Å². The zero-order chi connectivity index (χ0) is 15.8. The Balaban J connectivity index is 1.84. The van der Waals surface area contributed by atoms with Gasteiger partial charge in [0.15, 0.2) is 0 Å². The van der Waals surface area contributed by atoms with E-state index in [1.54, 1.807) is 23.5 Å². The van der Waals surface area contributed by atoms with Gasteiger partial charge in [-0.3, -0.25) is 0 Å². The highest BCUT2D eigenvalue weighted by Crippen LogP contribution is 2.39. The van der Waals surface area contributed by atoms with Crippen LogP contribution in [-0.4, -0.2) is 15.1 Å². The third-order valence-corrected chi connectivity index (χ3v) is 5.52. The Morgan fingerprint density at radius 3 is 2.65 bits per heavy atom. The Morgan fingerprint density at radius 2 is 1.83 bits per heavy atom. The fourth-order valence-corrected chi connectivity index (χ4v) is 4.56. The van der Waals surface area contributed by atoms with E-state index in [1.165, 1.54) is 29.7 Å². The van der Waals surface area contributed by atoms with Crippen LogP contribution in [0, 0.1) is 0 Å². The predicted molar refractivity (Wildman–Crippen MR) is 95.1 cm³/mol. The Labute approximate surface area is 143 Å². The van der Waals surface area contributed by atoms with Crippen LogP contribution in [0.2, 0.25) is 5.28 Å². The molecule has 0 aliphatic heterocycles. The van der Waals surface area contributed by atoms with Crippen molar-refractivity contribution in [1.29, 1.82) is 0 Å². The molecular formula is C17H16ClN3OS. The van der Waals surface area contributed by atoms with Crippen molar-refractivity contribution in [2.75, 3.05) is 5.32 Å². The quantitative estimate of drug-likeness (QED) is 0.387. The Bertz CT molecular complexity index is 860. The molecule has 0 radical (unpaired) electrons. The molecule has 3 aromatic rings. The summed E-state index contributed by atoms with van der Waals surface area (Å²) >= 11 is 7.85. The molecule has 4 nitrogen and oxygen atoms in total. The summed E-state index contributed by atoms with van der Waals surface area (Å²) in [4.78, 5) is 11.2. The summed E-state index contributed by atoms with van der Waals surface area (Å²) in [6.07, 6.45) is 5.91. The van der Waals surface area contributed by atoms with Crippen LogP contribution in [0.3, 0.4) is 0 Å². The normalized spacial score (nSPS) is 14.5. The maximum Gasteiger partial charge on any atom is 0.225 e. The zero-order valence-electron chi connectivity index (χ0n) is 12.5. The van der Waals surface area contributed by atoms with Gasteiger partial charge in [-0.05, 0) is 67.1 Å². The lowest BCUT2D eigenvalue weighted by molar-refractivity contribution is 0.475. The number of hydrogen-bond donors (Lipinski definition) is 2. The topological polar surface area (TPSA) is 58.0 Å². The lowest BCUT2D eigenvalue weighted by Crippen LogP contribution is -1.97. The zero-order valence-corrected chi connectivity index (χ0v) is 14.0. The fourth-order valence-electron chi connectivity index (χ4n) is 3.08. The van der Waals surface area contributed by atoms with Crippen LogP contribution in [-0.2, 0) is 12.8 Å². The van der Waals surface area contributed by atoms with Gasteiger partial charge in [0.1, 0.15) is 16.4 Å². The van der Waals surface area contributed by atoms with E-state index >= 15 is 0 Å². The molecule has 2 heterocycles. The van der Waals surface area contributed by atoms with Gasteiger partial charge in [0.25, 0.3) is 0 Å². The molecule has 1 aliphatic rings. The molecule has 0 spiro atoms. The van der Waals surface area contributed by atoms with E-state index in [4.69, 9.17) is 11.6 Å². The van der Waals surface area contributed by atoms with Gasteiger partial charge in [0, 0.05) is 10.6 Å². The van der Waals surface area contributed by atoms with Gasteiger partial charge < -0.3 is 10.4 Å². The second-order valence-corrected chi connectivity index (χ2v) is 7.18. The second kappa shape index (κ2) is 5.98. The average molecular weight is 346 g/mol. The van der Waals surface area contributed by atoms with E-state index in [0.29, 0.717) is 0 Å². The number of phenolic OH excluding ortho intramolecular Hbond substituents is 1. The van der Waals surface area contributed by atoms with Crippen LogP contribution >= 0.6 is 22.9 Å². The Kier molecular flexibility index (Phi) is 3.83. The van der Waals surface area contributed by atoms with E-state index in [9.17, 15) is 5.11 Å². The first kappa shape index (κ1) is 14.7. The molecule has 118 valence electrons. The second-order valence-electron chi connectivity index (χ2n) is 5.76. The largest absolute Gasteiger partial charge is 0.508 e. The van der Waals surface area contributed by atoms with Gasteiger partial charge in [0.2, 0.25) is 5.28 Å². The van der Waals surface area contributed by atoms with E-state index in [-0.39, 0.29) is 11.0 Å². The number of nitrogens with zero attached hydrogens (tertiary/aromatic N) is 2. The van der Waals surface area contributed by atoms with Crippen LogP contribution < -0.4 is 5.32 Å². The smallest absolute Gasteiger partial charge is 0.225 e. The minimum atomic E-state index is 0.241. The summed E-state index contributed by atoms with van der Waals surface area (Å²) in [6, 6.07) is 6.94. The summed E-state index contributed by atoms with van der Waals surface area (Å²) in [6.45, 7) is 0.